The number of rotatable bonds is 5. The molecule has 0 aliphatic carbocycles. The van der Waals surface area contributed by atoms with Crippen LogP contribution in [-0.2, 0) is 16.6 Å². The summed E-state index contributed by atoms with van der Waals surface area (Å²) in [6.45, 7) is 4.28. The van der Waals surface area contributed by atoms with Crippen molar-refractivity contribution in [1.29, 1.82) is 0 Å². The second-order valence-electron chi connectivity index (χ2n) is 4.33. The fraction of sp³-hybridized carbons (Fsp3) is 0.364. The number of sulfonamides is 1. The molecule has 0 aliphatic heterocycles. The second kappa shape index (κ2) is 5.32. The summed E-state index contributed by atoms with van der Waals surface area (Å²) in [5.41, 5.74) is 5.93. The van der Waals surface area contributed by atoms with Crippen LogP contribution in [0.25, 0.3) is 0 Å². The summed E-state index contributed by atoms with van der Waals surface area (Å²) >= 11 is 1.17. The molecule has 6 nitrogen and oxygen atoms in total. The molecule has 0 spiro atoms. The van der Waals surface area contributed by atoms with Gasteiger partial charge in [0.25, 0.3) is 10.0 Å². The Morgan fingerprint density at radius 3 is 2.74 bits per heavy atom. The Balaban J connectivity index is 2.20. The number of aromatic nitrogens is 2. The molecule has 19 heavy (non-hydrogen) atoms. The van der Waals surface area contributed by atoms with Gasteiger partial charge in [0.2, 0.25) is 0 Å². The van der Waals surface area contributed by atoms with Crippen molar-refractivity contribution in [2.45, 2.75) is 30.6 Å². The minimum Gasteiger partial charge on any atom is -0.326 e. The predicted molar refractivity (Wildman–Crippen MR) is 75.6 cm³/mol. The lowest BCUT2D eigenvalue weighted by Crippen LogP contribution is -2.11. The Bertz CT molecular complexity index is 658. The summed E-state index contributed by atoms with van der Waals surface area (Å²) in [4.78, 5) is 0.832. The summed E-state index contributed by atoms with van der Waals surface area (Å²) in [6.07, 6.45) is 3.16. The fourth-order valence-corrected chi connectivity index (χ4v) is 3.75. The lowest BCUT2D eigenvalue weighted by Gasteiger charge is -2.04. The van der Waals surface area contributed by atoms with E-state index in [2.05, 4.69) is 9.82 Å². The Labute approximate surface area is 116 Å². The Hall–Kier alpha value is -1.38. The number of nitrogens with zero attached hydrogens (tertiary/aromatic N) is 2. The molecule has 0 unspecified atom stereocenters. The quantitative estimate of drug-likeness (QED) is 0.880. The number of anilines is 1. The summed E-state index contributed by atoms with van der Waals surface area (Å²) in [5, 5.41) is 4.09. The smallest absolute Gasteiger partial charge is 0.271 e. The average molecular weight is 300 g/mol. The van der Waals surface area contributed by atoms with E-state index in [4.69, 9.17) is 5.73 Å². The molecule has 2 aromatic heterocycles. The van der Waals surface area contributed by atoms with Crippen LogP contribution in [0.4, 0.5) is 5.69 Å². The number of thiophene rings is 1. The summed E-state index contributed by atoms with van der Waals surface area (Å²) in [7, 11) is -3.56. The standard InChI is InChI=1S/C11H16N4O2S2/c1-8(2)15-7-9(6-13-15)14-19(16,17)11-4-3-10(5-12)18-11/h3-4,6-8,14H,5,12H2,1-2H3. The van der Waals surface area contributed by atoms with E-state index >= 15 is 0 Å². The zero-order valence-electron chi connectivity index (χ0n) is 10.7. The van der Waals surface area contributed by atoms with Gasteiger partial charge in [-0.05, 0) is 26.0 Å². The van der Waals surface area contributed by atoms with Crippen molar-refractivity contribution < 1.29 is 8.42 Å². The molecule has 2 rings (SSSR count). The van der Waals surface area contributed by atoms with E-state index in [1.54, 1.807) is 23.0 Å². The molecular weight excluding hydrogens is 284 g/mol. The summed E-state index contributed by atoms with van der Waals surface area (Å²) in [6, 6.07) is 3.46. The van der Waals surface area contributed by atoms with Gasteiger partial charge in [0.1, 0.15) is 4.21 Å². The first-order valence-corrected chi connectivity index (χ1v) is 8.08. The highest BCUT2D eigenvalue weighted by Crippen LogP contribution is 2.23. The number of hydrogen-bond donors (Lipinski definition) is 2. The number of hydrogen-bond acceptors (Lipinski definition) is 5. The van der Waals surface area contributed by atoms with E-state index in [1.807, 2.05) is 13.8 Å². The monoisotopic (exact) mass is 300 g/mol. The maximum Gasteiger partial charge on any atom is 0.271 e. The SMILES string of the molecule is CC(C)n1cc(NS(=O)(=O)c2ccc(CN)s2)cn1. The minimum atomic E-state index is -3.56. The molecule has 8 heteroatoms. The molecule has 2 heterocycles. The van der Waals surface area contributed by atoms with Crippen LogP contribution in [-0.4, -0.2) is 18.2 Å². The van der Waals surface area contributed by atoms with E-state index in [1.165, 1.54) is 17.5 Å². The van der Waals surface area contributed by atoms with Crippen molar-refractivity contribution in [3.05, 3.63) is 29.4 Å². The fourth-order valence-electron chi connectivity index (χ4n) is 1.49. The third kappa shape index (κ3) is 3.14. The third-order valence-electron chi connectivity index (χ3n) is 2.49. The summed E-state index contributed by atoms with van der Waals surface area (Å²) in [5.74, 6) is 0. The molecule has 2 aromatic rings. The molecule has 0 atom stereocenters. The highest BCUT2D eigenvalue weighted by atomic mass is 32.2. The van der Waals surface area contributed by atoms with Gasteiger partial charge < -0.3 is 5.73 Å². The Kier molecular flexibility index (Phi) is 3.93. The molecule has 0 bridgehead atoms. The number of nitrogens with two attached hydrogens (primary N) is 1. The van der Waals surface area contributed by atoms with Crippen molar-refractivity contribution in [3.63, 3.8) is 0 Å². The van der Waals surface area contributed by atoms with Gasteiger partial charge >= 0.3 is 0 Å². The van der Waals surface area contributed by atoms with Crippen LogP contribution in [0.1, 0.15) is 24.8 Å². The van der Waals surface area contributed by atoms with Crippen molar-refractivity contribution in [1.82, 2.24) is 9.78 Å². The Morgan fingerprint density at radius 1 is 1.47 bits per heavy atom. The van der Waals surface area contributed by atoms with Gasteiger partial charge in [-0.15, -0.1) is 11.3 Å². The van der Waals surface area contributed by atoms with Gasteiger partial charge in [0, 0.05) is 23.7 Å². The lowest BCUT2D eigenvalue weighted by molar-refractivity contribution is 0.532. The molecule has 0 saturated carbocycles. The van der Waals surface area contributed by atoms with E-state index in [9.17, 15) is 8.42 Å². The highest BCUT2D eigenvalue weighted by Gasteiger charge is 2.17. The maximum atomic E-state index is 12.1. The van der Waals surface area contributed by atoms with E-state index in [0.29, 0.717) is 12.2 Å². The molecule has 0 aromatic carbocycles. The van der Waals surface area contributed by atoms with Crippen LogP contribution in [0.5, 0.6) is 0 Å². The topological polar surface area (TPSA) is 90.0 Å². The Morgan fingerprint density at radius 2 is 2.21 bits per heavy atom. The maximum absolute atomic E-state index is 12.1. The van der Waals surface area contributed by atoms with Gasteiger partial charge in [-0.3, -0.25) is 9.40 Å². The number of nitrogens with one attached hydrogen (secondary N) is 1. The molecule has 0 amide bonds. The van der Waals surface area contributed by atoms with Gasteiger partial charge in [-0.25, -0.2) is 8.42 Å². The molecule has 104 valence electrons. The highest BCUT2D eigenvalue weighted by molar-refractivity contribution is 7.94. The molecular formula is C11H16N4O2S2. The molecule has 0 radical (unpaired) electrons. The van der Waals surface area contributed by atoms with Crippen molar-refractivity contribution in [2.24, 2.45) is 5.73 Å². The van der Waals surface area contributed by atoms with Crippen molar-refractivity contribution in [3.8, 4) is 0 Å². The van der Waals surface area contributed by atoms with Crippen LogP contribution in [0.15, 0.2) is 28.7 Å². The second-order valence-corrected chi connectivity index (χ2v) is 7.41. The molecule has 0 fully saturated rings. The van der Waals surface area contributed by atoms with Crippen LogP contribution in [0.3, 0.4) is 0 Å². The van der Waals surface area contributed by atoms with Gasteiger partial charge in [0.15, 0.2) is 0 Å². The third-order valence-corrected chi connectivity index (χ3v) is 5.47. The predicted octanol–water partition coefficient (Wildman–Crippen LogP) is 1.78. The normalized spacial score (nSPS) is 12.0. The van der Waals surface area contributed by atoms with Gasteiger partial charge in [0.05, 0.1) is 11.9 Å². The first kappa shape index (κ1) is 14.0. The largest absolute Gasteiger partial charge is 0.326 e. The average Bonchev–Trinajstić information content (AvgIpc) is 2.96. The van der Waals surface area contributed by atoms with Crippen LogP contribution >= 0.6 is 11.3 Å². The van der Waals surface area contributed by atoms with Gasteiger partial charge in [-0.2, -0.15) is 5.10 Å². The molecule has 0 saturated heterocycles. The van der Waals surface area contributed by atoms with E-state index in [-0.39, 0.29) is 10.3 Å². The molecule has 0 aliphatic rings. The van der Waals surface area contributed by atoms with Crippen molar-refractivity contribution >= 4 is 27.0 Å². The summed E-state index contributed by atoms with van der Waals surface area (Å²) < 4.78 is 28.7. The van der Waals surface area contributed by atoms with Crippen LogP contribution in [0.2, 0.25) is 0 Å². The van der Waals surface area contributed by atoms with Crippen LogP contribution in [0, 0.1) is 0 Å². The minimum absolute atomic E-state index is 0.184. The van der Waals surface area contributed by atoms with Gasteiger partial charge in [-0.1, -0.05) is 0 Å². The van der Waals surface area contributed by atoms with E-state index < -0.39 is 10.0 Å². The first-order chi connectivity index (χ1) is 8.92. The zero-order valence-corrected chi connectivity index (χ0v) is 12.3. The zero-order chi connectivity index (χ0) is 14.0. The molecule has 3 N–H and O–H groups in total. The van der Waals surface area contributed by atoms with E-state index in [0.717, 1.165) is 4.88 Å². The van der Waals surface area contributed by atoms with Crippen molar-refractivity contribution in [2.75, 3.05) is 4.72 Å². The first-order valence-electron chi connectivity index (χ1n) is 5.78. The van der Waals surface area contributed by atoms with Crippen LogP contribution < -0.4 is 10.5 Å². The lowest BCUT2D eigenvalue weighted by atomic mass is 10.4.